The second kappa shape index (κ2) is 5.98. The summed E-state index contributed by atoms with van der Waals surface area (Å²) in [6.45, 7) is 1.02. The maximum atomic E-state index is 9.38. The summed E-state index contributed by atoms with van der Waals surface area (Å²) in [6.07, 6.45) is 7.13. The lowest BCUT2D eigenvalue weighted by Crippen LogP contribution is -2.28. The number of nitrogens with one attached hydrogen (secondary N) is 1. The van der Waals surface area contributed by atoms with E-state index in [4.69, 9.17) is 4.74 Å². The Hall–Kier alpha value is -2.32. The lowest BCUT2D eigenvalue weighted by Gasteiger charge is -2.25. The van der Waals surface area contributed by atoms with Crippen molar-refractivity contribution in [2.45, 2.75) is 25.3 Å². The van der Waals surface area contributed by atoms with E-state index >= 15 is 0 Å². The lowest BCUT2D eigenvalue weighted by atomic mass is 10.0. The Balaban J connectivity index is 2.10. The predicted molar refractivity (Wildman–Crippen MR) is 79.4 cm³/mol. The number of hydrogen-bond donors (Lipinski definition) is 1. The maximum absolute atomic E-state index is 9.38. The molecule has 5 heteroatoms. The molecule has 2 aromatic rings. The van der Waals surface area contributed by atoms with Gasteiger partial charge in [-0.2, -0.15) is 5.26 Å². The summed E-state index contributed by atoms with van der Waals surface area (Å²) in [5, 5.41) is 12.9. The Morgan fingerprint density at radius 3 is 3.05 bits per heavy atom. The van der Waals surface area contributed by atoms with Gasteiger partial charge in [-0.15, -0.1) is 0 Å². The molecule has 1 aliphatic rings. The van der Waals surface area contributed by atoms with Gasteiger partial charge >= 0.3 is 0 Å². The largest absolute Gasteiger partial charge is 0.495 e. The maximum Gasteiger partial charge on any atom is 0.144 e. The fourth-order valence-corrected chi connectivity index (χ4v) is 2.88. The Labute approximate surface area is 124 Å². The Morgan fingerprint density at radius 1 is 1.43 bits per heavy atom. The molecule has 0 bridgehead atoms. The first-order chi connectivity index (χ1) is 10.3. The van der Waals surface area contributed by atoms with Crippen molar-refractivity contribution in [1.82, 2.24) is 14.9 Å². The topological polar surface area (TPSA) is 62.9 Å². The summed E-state index contributed by atoms with van der Waals surface area (Å²) in [5.41, 5.74) is 2.43. The molecule has 108 valence electrons. The van der Waals surface area contributed by atoms with Gasteiger partial charge in [-0.1, -0.05) is 12.5 Å². The average Bonchev–Trinajstić information content (AvgIpc) is 3.04. The minimum atomic E-state index is 0.276. The van der Waals surface area contributed by atoms with Gasteiger partial charge in [0.05, 0.1) is 30.9 Å². The van der Waals surface area contributed by atoms with Crippen LogP contribution in [0.4, 0.5) is 0 Å². The van der Waals surface area contributed by atoms with E-state index < -0.39 is 0 Å². The van der Waals surface area contributed by atoms with Gasteiger partial charge in [0.1, 0.15) is 17.5 Å². The third-order valence-electron chi connectivity index (χ3n) is 3.91. The minimum absolute atomic E-state index is 0.276. The molecule has 2 heterocycles. The number of ether oxygens (including phenoxy) is 1. The van der Waals surface area contributed by atoms with Crippen molar-refractivity contribution in [2.75, 3.05) is 13.7 Å². The van der Waals surface area contributed by atoms with E-state index in [-0.39, 0.29) is 6.04 Å². The van der Waals surface area contributed by atoms with Crippen LogP contribution < -0.4 is 10.1 Å². The first-order valence-electron chi connectivity index (χ1n) is 7.18. The molecule has 3 rings (SSSR count). The second-order valence-electron chi connectivity index (χ2n) is 5.16. The Kier molecular flexibility index (Phi) is 3.89. The van der Waals surface area contributed by atoms with Gasteiger partial charge in [-0.25, -0.2) is 4.98 Å². The van der Waals surface area contributed by atoms with Crippen LogP contribution in [0.5, 0.6) is 5.75 Å². The second-order valence-corrected chi connectivity index (χ2v) is 5.16. The summed E-state index contributed by atoms with van der Waals surface area (Å²) in [5.74, 6) is 0.684. The highest BCUT2D eigenvalue weighted by molar-refractivity contribution is 5.58. The van der Waals surface area contributed by atoms with Gasteiger partial charge in [0.15, 0.2) is 0 Å². The Morgan fingerprint density at radius 2 is 2.33 bits per heavy atom. The third-order valence-corrected chi connectivity index (χ3v) is 3.91. The highest BCUT2D eigenvalue weighted by Gasteiger charge is 2.21. The molecule has 1 N–H and O–H groups in total. The Bertz CT molecular complexity index is 665. The van der Waals surface area contributed by atoms with Crippen LogP contribution in [0.2, 0.25) is 0 Å². The average molecular weight is 282 g/mol. The normalized spacial score (nSPS) is 18.2. The summed E-state index contributed by atoms with van der Waals surface area (Å²) < 4.78 is 7.41. The number of rotatable bonds is 3. The smallest absolute Gasteiger partial charge is 0.144 e. The van der Waals surface area contributed by atoms with Crippen molar-refractivity contribution < 1.29 is 4.74 Å². The number of aromatic nitrogens is 2. The zero-order valence-corrected chi connectivity index (χ0v) is 12.0. The van der Waals surface area contributed by atoms with Crippen molar-refractivity contribution in [3.8, 4) is 17.5 Å². The van der Waals surface area contributed by atoms with Gasteiger partial charge in [-0.3, -0.25) is 4.57 Å². The summed E-state index contributed by atoms with van der Waals surface area (Å²) >= 11 is 0. The van der Waals surface area contributed by atoms with Crippen LogP contribution in [0.25, 0.3) is 5.69 Å². The summed E-state index contributed by atoms with van der Waals surface area (Å²) in [4.78, 5) is 4.28. The van der Waals surface area contributed by atoms with Crippen LogP contribution in [0.15, 0.2) is 30.7 Å². The SMILES string of the molecule is COc1cccc(C#N)c1-n1cncc1C1CCCCN1. The van der Waals surface area contributed by atoms with Crippen LogP contribution in [0.3, 0.4) is 0 Å². The van der Waals surface area contributed by atoms with Crippen molar-refractivity contribution in [3.63, 3.8) is 0 Å². The zero-order valence-electron chi connectivity index (χ0n) is 12.0. The number of hydrogen-bond acceptors (Lipinski definition) is 4. The van der Waals surface area contributed by atoms with Crippen molar-refractivity contribution in [3.05, 3.63) is 42.0 Å². The fraction of sp³-hybridized carbons (Fsp3) is 0.375. The van der Waals surface area contributed by atoms with Gasteiger partial charge in [0.2, 0.25) is 0 Å². The van der Waals surface area contributed by atoms with E-state index in [9.17, 15) is 5.26 Å². The van der Waals surface area contributed by atoms with E-state index in [2.05, 4.69) is 16.4 Å². The molecule has 1 saturated heterocycles. The van der Waals surface area contributed by atoms with Crippen LogP contribution in [-0.2, 0) is 0 Å². The minimum Gasteiger partial charge on any atom is -0.495 e. The molecular weight excluding hydrogens is 264 g/mol. The van der Waals surface area contributed by atoms with Crippen molar-refractivity contribution in [1.29, 1.82) is 5.26 Å². The van der Waals surface area contributed by atoms with Crippen LogP contribution in [-0.4, -0.2) is 23.2 Å². The van der Waals surface area contributed by atoms with Gasteiger partial charge in [0, 0.05) is 6.04 Å². The molecule has 1 aliphatic heterocycles. The predicted octanol–water partition coefficient (Wildman–Crippen LogP) is 2.57. The van der Waals surface area contributed by atoms with Crippen LogP contribution in [0.1, 0.15) is 36.6 Å². The van der Waals surface area contributed by atoms with Gasteiger partial charge < -0.3 is 10.1 Å². The van der Waals surface area contributed by atoms with E-state index in [1.54, 1.807) is 19.5 Å². The highest BCUT2D eigenvalue weighted by Crippen LogP contribution is 2.31. The van der Waals surface area contributed by atoms with Crippen molar-refractivity contribution in [2.24, 2.45) is 0 Å². The molecule has 0 amide bonds. The molecule has 1 unspecified atom stereocenters. The number of para-hydroxylation sites is 1. The number of methoxy groups -OCH3 is 1. The van der Waals surface area contributed by atoms with E-state index in [1.165, 1.54) is 12.8 Å². The number of benzene rings is 1. The molecule has 1 fully saturated rings. The highest BCUT2D eigenvalue weighted by atomic mass is 16.5. The van der Waals surface area contributed by atoms with E-state index in [0.717, 1.165) is 24.3 Å². The first kappa shape index (κ1) is 13.7. The standard InChI is InChI=1S/C16H18N4O/c1-21-15-7-4-5-12(9-17)16(15)20-11-18-10-14(20)13-6-2-3-8-19-13/h4-5,7,10-11,13,19H,2-3,6,8H2,1H3. The first-order valence-corrected chi connectivity index (χ1v) is 7.18. The molecule has 1 aromatic heterocycles. The van der Waals surface area contributed by atoms with E-state index in [0.29, 0.717) is 11.3 Å². The fourth-order valence-electron chi connectivity index (χ4n) is 2.88. The quantitative estimate of drug-likeness (QED) is 0.939. The van der Waals surface area contributed by atoms with Gasteiger partial charge in [0.25, 0.3) is 0 Å². The molecule has 5 nitrogen and oxygen atoms in total. The summed E-state index contributed by atoms with van der Waals surface area (Å²) in [7, 11) is 1.62. The van der Waals surface area contributed by atoms with Crippen molar-refractivity contribution >= 4 is 0 Å². The molecule has 0 aliphatic carbocycles. The molecule has 1 atom stereocenters. The molecular formula is C16H18N4O. The van der Waals surface area contributed by atoms with Gasteiger partial charge in [-0.05, 0) is 31.5 Å². The van der Waals surface area contributed by atoms with Crippen LogP contribution in [0, 0.1) is 11.3 Å². The summed E-state index contributed by atoms with van der Waals surface area (Å²) in [6, 6.07) is 8.02. The number of nitriles is 1. The third kappa shape index (κ3) is 2.50. The number of piperidine rings is 1. The molecule has 1 aromatic carbocycles. The van der Waals surface area contributed by atoms with E-state index in [1.807, 2.05) is 22.9 Å². The molecule has 0 radical (unpaired) electrons. The lowest BCUT2D eigenvalue weighted by molar-refractivity contribution is 0.396. The molecule has 0 spiro atoms. The number of nitrogens with zero attached hydrogens (tertiary/aromatic N) is 3. The number of imidazole rings is 1. The molecule has 21 heavy (non-hydrogen) atoms. The van der Waals surface area contributed by atoms with Crippen LogP contribution >= 0.6 is 0 Å². The monoisotopic (exact) mass is 282 g/mol. The molecule has 0 saturated carbocycles. The zero-order chi connectivity index (χ0) is 14.7.